The molecule has 27 heavy (non-hydrogen) atoms. The monoisotopic (exact) mass is 368 g/mol. The Kier molecular flexibility index (Phi) is 8.32. The van der Waals surface area contributed by atoms with E-state index in [1.54, 1.807) is 7.05 Å². The van der Waals surface area contributed by atoms with E-state index in [2.05, 4.69) is 20.9 Å². The standard InChI is InChI=1S/C21H28N4O2/c1-3-23-20(27)18-11-9-16(10-12-18)13-24-21(22-2)25-14-19(15-26)17-7-5-4-6-8-17/h4-12,19,26H,3,13-15H2,1-2H3,(H,23,27)(H2,22,24,25). The Labute approximate surface area is 160 Å². The minimum absolute atomic E-state index is 0.00103. The molecule has 0 radical (unpaired) electrons. The molecular weight excluding hydrogens is 340 g/mol. The molecule has 2 rings (SSSR count). The van der Waals surface area contributed by atoms with Crippen LogP contribution in [0.4, 0.5) is 0 Å². The maximum absolute atomic E-state index is 11.8. The van der Waals surface area contributed by atoms with Crippen molar-refractivity contribution in [1.29, 1.82) is 0 Å². The van der Waals surface area contributed by atoms with E-state index in [1.807, 2.05) is 61.5 Å². The first-order chi connectivity index (χ1) is 13.2. The Morgan fingerprint density at radius 3 is 2.33 bits per heavy atom. The highest BCUT2D eigenvalue weighted by atomic mass is 16.3. The van der Waals surface area contributed by atoms with Crippen LogP contribution in [-0.4, -0.2) is 43.7 Å². The molecule has 1 amide bonds. The largest absolute Gasteiger partial charge is 0.396 e. The topological polar surface area (TPSA) is 85.8 Å². The van der Waals surface area contributed by atoms with Crippen LogP contribution in [0.15, 0.2) is 59.6 Å². The number of carbonyl (C=O) groups is 1. The predicted octanol–water partition coefficient (Wildman–Crippen LogP) is 1.88. The summed E-state index contributed by atoms with van der Waals surface area (Å²) in [5, 5.41) is 18.9. The number of rotatable bonds is 8. The van der Waals surface area contributed by atoms with E-state index >= 15 is 0 Å². The summed E-state index contributed by atoms with van der Waals surface area (Å²) >= 11 is 0. The van der Waals surface area contributed by atoms with Crippen molar-refractivity contribution in [3.8, 4) is 0 Å². The van der Waals surface area contributed by atoms with Gasteiger partial charge in [-0.15, -0.1) is 0 Å². The highest BCUT2D eigenvalue weighted by Crippen LogP contribution is 2.13. The van der Waals surface area contributed by atoms with Gasteiger partial charge in [0.25, 0.3) is 5.91 Å². The second kappa shape index (κ2) is 11.0. The van der Waals surface area contributed by atoms with E-state index in [0.29, 0.717) is 31.2 Å². The number of aliphatic hydroxyl groups excluding tert-OH is 1. The number of aliphatic hydroxyl groups is 1. The Morgan fingerprint density at radius 1 is 1.04 bits per heavy atom. The normalized spacial score (nSPS) is 12.3. The SMILES string of the molecule is CCNC(=O)c1ccc(CNC(=NC)NCC(CO)c2ccccc2)cc1. The molecule has 0 spiro atoms. The molecule has 0 aliphatic carbocycles. The summed E-state index contributed by atoms with van der Waals surface area (Å²) in [5.74, 6) is 0.601. The molecular formula is C21H28N4O2. The van der Waals surface area contributed by atoms with Gasteiger partial charge >= 0.3 is 0 Å². The lowest BCUT2D eigenvalue weighted by atomic mass is 10.0. The molecule has 1 unspecified atom stereocenters. The Bertz CT molecular complexity index is 730. The van der Waals surface area contributed by atoms with Crippen LogP contribution < -0.4 is 16.0 Å². The molecule has 0 heterocycles. The minimum atomic E-state index is -0.0644. The molecule has 4 N–H and O–H groups in total. The van der Waals surface area contributed by atoms with Crippen LogP contribution in [0.3, 0.4) is 0 Å². The molecule has 0 aliphatic rings. The molecule has 6 nitrogen and oxygen atoms in total. The number of nitrogens with zero attached hydrogens (tertiary/aromatic N) is 1. The van der Waals surface area contributed by atoms with Crippen molar-refractivity contribution in [2.75, 3.05) is 26.7 Å². The van der Waals surface area contributed by atoms with E-state index in [9.17, 15) is 9.90 Å². The first-order valence-electron chi connectivity index (χ1n) is 9.15. The van der Waals surface area contributed by atoms with E-state index < -0.39 is 0 Å². The predicted molar refractivity (Wildman–Crippen MR) is 109 cm³/mol. The molecule has 144 valence electrons. The molecule has 0 aliphatic heterocycles. The van der Waals surface area contributed by atoms with Gasteiger partial charge in [-0.05, 0) is 30.2 Å². The lowest BCUT2D eigenvalue weighted by Crippen LogP contribution is -2.39. The third-order valence-corrected chi connectivity index (χ3v) is 4.24. The van der Waals surface area contributed by atoms with E-state index in [1.165, 1.54) is 0 Å². The zero-order valence-electron chi connectivity index (χ0n) is 15.9. The van der Waals surface area contributed by atoms with Gasteiger partial charge in [-0.25, -0.2) is 0 Å². The van der Waals surface area contributed by atoms with E-state index in [-0.39, 0.29) is 18.4 Å². The first kappa shape index (κ1) is 20.5. The summed E-state index contributed by atoms with van der Waals surface area (Å²) in [6.07, 6.45) is 0. The first-order valence-corrected chi connectivity index (χ1v) is 9.15. The van der Waals surface area contributed by atoms with Crippen LogP contribution in [0.1, 0.15) is 34.3 Å². The number of benzene rings is 2. The number of carbonyl (C=O) groups excluding carboxylic acids is 1. The maximum Gasteiger partial charge on any atom is 0.251 e. The van der Waals surface area contributed by atoms with Crippen molar-refractivity contribution in [3.05, 3.63) is 71.3 Å². The zero-order valence-corrected chi connectivity index (χ0v) is 15.9. The van der Waals surface area contributed by atoms with Gasteiger partial charge in [-0.1, -0.05) is 42.5 Å². The van der Waals surface area contributed by atoms with Gasteiger partial charge in [0.1, 0.15) is 0 Å². The molecule has 0 saturated carbocycles. The lowest BCUT2D eigenvalue weighted by molar-refractivity contribution is 0.0956. The van der Waals surface area contributed by atoms with E-state index in [4.69, 9.17) is 0 Å². The van der Waals surface area contributed by atoms with Gasteiger partial charge in [0, 0.05) is 38.2 Å². The van der Waals surface area contributed by atoms with Crippen molar-refractivity contribution >= 4 is 11.9 Å². The van der Waals surface area contributed by atoms with Crippen LogP contribution in [0.25, 0.3) is 0 Å². The summed E-state index contributed by atoms with van der Waals surface area (Å²) in [7, 11) is 1.71. The summed E-state index contributed by atoms with van der Waals surface area (Å²) in [6, 6.07) is 17.4. The second-order valence-corrected chi connectivity index (χ2v) is 6.15. The average Bonchev–Trinajstić information content (AvgIpc) is 2.72. The smallest absolute Gasteiger partial charge is 0.251 e. The van der Waals surface area contributed by atoms with Gasteiger partial charge in [0.05, 0.1) is 6.61 Å². The molecule has 0 fully saturated rings. The quantitative estimate of drug-likeness (QED) is 0.423. The maximum atomic E-state index is 11.8. The van der Waals surface area contributed by atoms with Gasteiger partial charge in [-0.3, -0.25) is 9.79 Å². The fourth-order valence-electron chi connectivity index (χ4n) is 2.68. The second-order valence-electron chi connectivity index (χ2n) is 6.15. The molecule has 0 aromatic heterocycles. The number of guanidine groups is 1. The van der Waals surface area contributed by atoms with Crippen LogP contribution >= 0.6 is 0 Å². The van der Waals surface area contributed by atoms with Crippen molar-refractivity contribution in [2.24, 2.45) is 4.99 Å². The molecule has 2 aromatic rings. The number of hydrogen-bond acceptors (Lipinski definition) is 3. The summed E-state index contributed by atoms with van der Waals surface area (Å²) in [4.78, 5) is 16.0. The van der Waals surface area contributed by atoms with Gasteiger partial charge in [0.2, 0.25) is 0 Å². The zero-order chi connectivity index (χ0) is 19.5. The molecule has 2 aromatic carbocycles. The molecule has 0 bridgehead atoms. The van der Waals surface area contributed by atoms with Crippen molar-refractivity contribution in [1.82, 2.24) is 16.0 Å². The highest BCUT2D eigenvalue weighted by molar-refractivity contribution is 5.94. The van der Waals surface area contributed by atoms with Crippen LogP contribution in [0.2, 0.25) is 0 Å². The fourth-order valence-corrected chi connectivity index (χ4v) is 2.68. The summed E-state index contributed by atoms with van der Waals surface area (Å²) in [5.41, 5.74) is 2.79. The van der Waals surface area contributed by atoms with Crippen LogP contribution in [0.5, 0.6) is 0 Å². The van der Waals surface area contributed by atoms with Crippen LogP contribution in [-0.2, 0) is 6.54 Å². The molecule has 0 saturated heterocycles. The third kappa shape index (κ3) is 6.42. The van der Waals surface area contributed by atoms with Gasteiger partial charge in [-0.2, -0.15) is 0 Å². The van der Waals surface area contributed by atoms with Gasteiger partial charge < -0.3 is 21.1 Å². The Morgan fingerprint density at radius 2 is 1.74 bits per heavy atom. The van der Waals surface area contributed by atoms with Gasteiger partial charge in [0.15, 0.2) is 5.96 Å². The summed E-state index contributed by atoms with van der Waals surface area (Å²) in [6.45, 7) is 3.74. The van der Waals surface area contributed by atoms with E-state index in [0.717, 1.165) is 11.1 Å². The number of aliphatic imine (C=N–C) groups is 1. The Hall–Kier alpha value is -2.86. The number of amides is 1. The highest BCUT2D eigenvalue weighted by Gasteiger charge is 2.11. The number of nitrogens with one attached hydrogen (secondary N) is 3. The fraction of sp³-hybridized carbons (Fsp3) is 0.333. The lowest BCUT2D eigenvalue weighted by Gasteiger charge is -2.18. The van der Waals surface area contributed by atoms with Crippen molar-refractivity contribution in [2.45, 2.75) is 19.4 Å². The van der Waals surface area contributed by atoms with Crippen LogP contribution in [0, 0.1) is 0 Å². The molecule has 6 heteroatoms. The third-order valence-electron chi connectivity index (χ3n) is 4.24. The average molecular weight is 368 g/mol. The van der Waals surface area contributed by atoms with Crippen molar-refractivity contribution < 1.29 is 9.90 Å². The van der Waals surface area contributed by atoms with Crippen molar-refractivity contribution in [3.63, 3.8) is 0 Å². The minimum Gasteiger partial charge on any atom is -0.396 e. The number of hydrogen-bond donors (Lipinski definition) is 4. The molecule has 1 atom stereocenters. The Balaban J connectivity index is 1.85. The summed E-state index contributed by atoms with van der Waals surface area (Å²) < 4.78 is 0.